The average Bonchev–Trinajstić information content (AvgIpc) is 2.44. The van der Waals surface area contributed by atoms with E-state index in [2.05, 4.69) is 32.3 Å². The number of nitrogens with one attached hydrogen (secondary N) is 1. The van der Waals surface area contributed by atoms with Gasteiger partial charge < -0.3 is 5.32 Å². The van der Waals surface area contributed by atoms with Gasteiger partial charge in [-0.3, -0.25) is 0 Å². The van der Waals surface area contributed by atoms with Crippen LogP contribution in [0.5, 0.6) is 0 Å². The highest BCUT2D eigenvalue weighted by molar-refractivity contribution is 9.10. The molecular formula is C17H27BrN2. The summed E-state index contributed by atoms with van der Waals surface area (Å²) >= 11 is 3.39. The Morgan fingerprint density at radius 3 is 1.90 bits per heavy atom. The molecule has 3 heteroatoms. The van der Waals surface area contributed by atoms with E-state index in [0.717, 1.165) is 10.3 Å². The van der Waals surface area contributed by atoms with Gasteiger partial charge in [-0.1, -0.05) is 57.8 Å². The number of nitrogens with zero attached hydrogens (tertiary/aromatic N) is 1. The van der Waals surface area contributed by atoms with Gasteiger partial charge in [0, 0.05) is 6.04 Å². The third-order valence-electron chi connectivity index (χ3n) is 4.20. The zero-order valence-corrected chi connectivity index (χ0v) is 14.0. The maximum Gasteiger partial charge on any atom is 0.106 e. The lowest BCUT2D eigenvalue weighted by Gasteiger charge is -2.20. The smallest absolute Gasteiger partial charge is 0.106 e. The van der Waals surface area contributed by atoms with Crippen LogP contribution in [0.3, 0.4) is 0 Å². The molecule has 0 bridgehead atoms. The number of halogens is 1. The Hall–Kier alpha value is -0.570. The maximum absolute atomic E-state index is 4.30. The van der Waals surface area contributed by atoms with E-state index < -0.39 is 0 Å². The molecule has 112 valence electrons. The summed E-state index contributed by atoms with van der Waals surface area (Å²) in [6.07, 6.45) is 17.2. The quantitative estimate of drug-likeness (QED) is 0.676. The van der Waals surface area contributed by atoms with Crippen LogP contribution in [0.2, 0.25) is 0 Å². The average molecular weight is 339 g/mol. The normalized spacial score (nSPS) is 19.9. The molecule has 1 saturated carbocycles. The summed E-state index contributed by atoms with van der Waals surface area (Å²) in [5, 5.41) is 3.68. The topological polar surface area (TPSA) is 24.9 Å². The van der Waals surface area contributed by atoms with Crippen LogP contribution in [0.4, 0.5) is 5.69 Å². The van der Waals surface area contributed by atoms with E-state index in [4.69, 9.17) is 0 Å². The summed E-state index contributed by atoms with van der Waals surface area (Å²) in [5.74, 6) is 0. The van der Waals surface area contributed by atoms with E-state index >= 15 is 0 Å². The number of rotatable bonds is 2. The highest BCUT2D eigenvalue weighted by Gasteiger charge is 2.09. The predicted molar refractivity (Wildman–Crippen MR) is 90.1 cm³/mol. The van der Waals surface area contributed by atoms with Gasteiger partial charge in [-0.25, -0.2) is 4.98 Å². The Kier molecular flexibility index (Phi) is 7.42. The van der Waals surface area contributed by atoms with E-state index in [-0.39, 0.29) is 0 Å². The first-order valence-corrected chi connectivity index (χ1v) is 9.02. The van der Waals surface area contributed by atoms with Crippen LogP contribution < -0.4 is 5.32 Å². The molecule has 1 aromatic rings. The summed E-state index contributed by atoms with van der Waals surface area (Å²) in [7, 11) is 0. The van der Waals surface area contributed by atoms with E-state index in [0.29, 0.717) is 6.04 Å². The number of pyridine rings is 1. The molecule has 0 aromatic carbocycles. The van der Waals surface area contributed by atoms with Gasteiger partial charge in [0.15, 0.2) is 0 Å². The van der Waals surface area contributed by atoms with Gasteiger partial charge in [0.05, 0.1) is 11.9 Å². The van der Waals surface area contributed by atoms with Crippen molar-refractivity contribution < 1.29 is 0 Å². The molecule has 0 unspecified atom stereocenters. The minimum atomic E-state index is 0.623. The molecule has 0 amide bonds. The van der Waals surface area contributed by atoms with Crippen LogP contribution in [-0.2, 0) is 0 Å². The second-order valence-electron chi connectivity index (χ2n) is 5.97. The van der Waals surface area contributed by atoms with Crippen molar-refractivity contribution in [3.8, 4) is 0 Å². The van der Waals surface area contributed by atoms with Crippen LogP contribution in [0.1, 0.15) is 70.6 Å². The lowest BCUT2D eigenvalue weighted by atomic mass is 9.98. The van der Waals surface area contributed by atoms with Crippen LogP contribution in [0.25, 0.3) is 0 Å². The molecule has 1 fully saturated rings. The first-order valence-electron chi connectivity index (χ1n) is 8.23. The molecule has 0 radical (unpaired) electrons. The van der Waals surface area contributed by atoms with E-state index in [9.17, 15) is 0 Å². The van der Waals surface area contributed by atoms with Crippen molar-refractivity contribution in [2.24, 2.45) is 0 Å². The molecule has 1 aromatic heterocycles. The SMILES string of the molecule is Brc1ccc(NC2CCCCCCCCCCC2)cn1. The molecule has 20 heavy (non-hydrogen) atoms. The molecule has 0 aliphatic heterocycles. The molecule has 1 aliphatic carbocycles. The van der Waals surface area contributed by atoms with E-state index in [1.165, 1.54) is 70.6 Å². The summed E-state index contributed by atoms with van der Waals surface area (Å²) < 4.78 is 0.904. The molecule has 0 atom stereocenters. The molecule has 1 N–H and O–H groups in total. The van der Waals surface area contributed by atoms with Crippen LogP contribution in [0.15, 0.2) is 22.9 Å². The standard InChI is InChI=1S/C17H27BrN2/c18-17-13-12-16(14-19-17)20-15-10-8-6-4-2-1-3-5-7-9-11-15/h12-15,20H,1-11H2. The lowest BCUT2D eigenvalue weighted by Crippen LogP contribution is -2.19. The van der Waals surface area contributed by atoms with Crippen molar-refractivity contribution >= 4 is 21.6 Å². The fourth-order valence-corrected chi connectivity index (χ4v) is 3.24. The number of aromatic nitrogens is 1. The van der Waals surface area contributed by atoms with Gasteiger partial charge >= 0.3 is 0 Å². The molecule has 2 nitrogen and oxygen atoms in total. The maximum atomic E-state index is 4.30. The Morgan fingerprint density at radius 2 is 1.40 bits per heavy atom. The Morgan fingerprint density at radius 1 is 0.850 bits per heavy atom. The van der Waals surface area contributed by atoms with Crippen molar-refractivity contribution in [1.82, 2.24) is 4.98 Å². The molecule has 1 heterocycles. The third kappa shape index (κ3) is 6.25. The van der Waals surface area contributed by atoms with Crippen LogP contribution in [-0.4, -0.2) is 11.0 Å². The van der Waals surface area contributed by atoms with Gasteiger partial charge in [-0.15, -0.1) is 0 Å². The number of hydrogen-bond donors (Lipinski definition) is 1. The van der Waals surface area contributed by atoms with E-state index in [1.54, 1.807) is 0 Å². The molecular weight excluding hydrogens is 312 g/mol. The fraction of sp³-hybridized carbons (Fsp3) is 0.706. The Bertz CT molecular complexity index is 352. The highest BCUT2D eigenvalue weighted by atomic mass is 79.9. The zero-order valence-electron chi connectivity index (χ0n) is 12.4. The second kappa shape index (κ2) is 9.38. The van der Waals surface area contributed by atoms with Crippen LogP contribution in [0, 0.1) is 0 Å². The predicted octanol–water partition coefficient (Wildman–Crippen LogP) is 5.93. The lowest BCUT2D eigenvalue weighted by molar-refractivity contribution is 0.480. The summed E-state index contributed by atoms with van der Waals surface area (Å²) in [6, 6.07) is 4.75. The van der Waals surface area contributed by atoms with Crippen molar-refractivity contribution in [3.05, 3.63) is 22.9 Å². The zero-order chi connectivity index (χ0) is 14.0. The fourth-order valence-electron chi connectivity index (χ4n) is 3.00. The highest BCUT2D eigenvalue weighted by Crippen LogP contribution is 2.20. The van der Waals surface area contributed by atoms with Crippen LogP contribution >= 0.6 is 15.9 Å². The Balaban J connectivity index is 1.83. The van der Waals surface area contributed by atoms with Gasteiger partial charge in [0.2, 0.25) is 0 Å². The summed E-state index contributed by atoms with van der Waals surface area (Å²) in [4.78, 5) is 4.30. The van der Waals surface area contributed by atoms with Gasteiger partial charge in [-0.2, -0.15) is 0 Å². The molecule has 2 rings (SSSR count). The first-order chi connectivity index (χ1) is 9.84. The summed E-state index contributed by atoms with van der Waals surface area (Å²) in [5.41, 5.74) is 1.16. The van der Waals surface area contributed by atoms with Gasteiger partial charge in [-0.05, 0) is 40.9 Å². The largest absolute Gasteiger partial charge is 0.381 e. The molecule has 0 spiro atoms. The second-order valence-corrected chi connectivity index (χ2v) is 6.78. The van der Waals surface area contributed by atoms with Crippen molar-refractivity contribution in [1.29, 1.82) is 0 Å². The first kappa shape index (κ1) is 15.8. The van der Waals surface area contributed by atoms with Crippen molar-refractivity contribution in [2.45, 2.75) is 76.7 Å². The number of anilines is 1. The third-order valence-corrected chi connectivity index (χ3v) is 4.67. The number of hydrogen-bond acceptors (Lipinski definition) is 2. The van der Waals surface area contributed by atoms with E-state index in [1.807, 2.05) is 12.3 Å². The van der Waals surface area contributed by atoms with Gasteiger partial charge in [0.1, 0.15) is 4.60 Å². The van der Waals surface area contributed by atoms with Gasteiger partial charge in [0.25, 0.3) is 0 Å². The van der Waals surface area contributed by atoms with Crippen molar-refractivity contribution in [3.63, 3.8) is 0 Å². The Labute approximate surface area is 131 Å². The molecule has 1 aliphatic rings. The minimum absolute atomic E-state index is 0.623. The minimum Gasteiger partial charge on any atom is -0.381 e. The monoisotopic (exact) mass is 338 g/mol. The summed E-state index contributed by atoms with van der Waals surface area (Å²) in [6.45, 7) is 0. The van der Waals surface area contributed by atoms with Crippen molar-refractivity contribution in [2.75, 3.05) is 5.32 Å². The molecule has 0 saturated heterocycles.